The fraction of sp³-hybridized carbons (Fsp3) is 0.407. The molecule has 0 aliphatic heterocycles. The highest BCUT2D eigenvalue weighted by Gasteiger charge is 2.21. The Morgan fingerprint density at radius 2 is 1.49 bits per heavy atom. The maximum Gasteiger partial charge on any atom is 0.243 e. The van der Waals surface area contributed by atoms with Gasteiger partial charge >= 0.3 is 0 Å². The van der Waals surface area contributed by atoms with E-state index in [9.17, 15) is 8.42 Å². The van der Waals surface area contributed by atoms with Crippen molar-refractivity contribution >= 4 is 20.8 Å². The second-order valence-corrected chi connectivity index (χ2v) is 10.5. The standard InChI is InChI=1S/C19H19NO2S.C8H22N4/c1-15-10-12-18(13-11-15)23(21,22)20(2)14-17-8-5-7-16-6-3-4-9-19(16)17;1-2-11-5-8-12(6-3-9)7-4-10/h3-13H,14H2,1-2H3;11H,2-10H2,1H3. The molecule has 7 nitrogen and oxygen atoms in total. The van der Waals surface area contributed by atoms with Gasteiger partial charge in [-0.05, 0) is 41.9 Å². The Labute approximate surface area is 211 Å². The van der Waals surface area contributed by atoms with E-state index < -0.39 is 10.0 Å². The Morgan fingerprint density at radius 1 is 0.857 bits per heavy atom. The molecule has 0 heterocycles. The summed E-state index contributed by atoms with van der Waals surface area (Å²) in [5, 5.41) is 5.47. The minimum Gasteiger partial charge on any atom is -0.329 e. The quantitative estimate of drug-likeness (QED) is 0.331. The number of nitrogens with zero attached hydrogens (tertiary/aromatic N) is 2. The number of rotatable bonds is 12. The predicted molar refractivity (Wildman–Crippen MR) is 147 cm³/mol. The van der Waals surface area contributed by atoms with Gasteiger partial charge in [0.25, 0.3) is 0 Å². The molecule has 0 fully saturated rings. The lowest BCUT2D eigenvalue weighted by Crippen LogP contribution is -2.38. The molecular weight excluding hydrogens is 458 g/mol. The number of hydrogen-bond acceptors (Lipinski definition) is 6. The fourth-order valence-corrected chi connectivity index (χ4v) is 4.91. The van der Waals surface area contributed by atoms with Crippen molar-refractivity contribution in [2.24, 2.45) is 11.5 Å². The highest BCUT2D eigenvalue weighted by molar-refractivity contribution is 7.89. The smallest absolute Gasteiger partial charge is 0.243 e. The molecule has 35 heavy (non-hydrogen) atoms. The highest BCUT2D eigenvalue weighted by Crippen LogP contribution is 2.22. The number of likely N-dealkylation sites (N-methyl/N-ethyl adjacent to an activating group) is 1. The average Bonchev–Trinajstić information content (AvgIpc) is 2.85. The zero-order valence-corrected chi connectivity index (χ0v) is 22.1. The van der Waals surface area contributed by atoms with Crippen LogP contribution in [0.4, 0.5) is 0 Å². The van der Waals surface area contributed by atoms with Crippen molar-refractivity contribution in [1.82, 2.24) is 14.5 Å². The van der Waals surface area contributed by atoms with E-state index in [0.29, 0.717) is 24.5 Å². The molecule has 0 bridgehead atoms. The second kappa shape index (κ2) is 14.9. The van der Waals surface area contributed by atoms with Crippen molar-refractivity contribution in [3.8, 4) is 0 Å². The molecule has 8 heteroatoms. The number of sulfonamides is 1. The molecule has 0 aliphatic rings. The van der Waals surface area contributed by atoms with E-state index in [2.05, 4.69) is 17.1 Å². The van der Waals surface area contributed by atoms with Crippen LogP contribution >= 0.6 is 0 Å². The maximum atomic E-state index is 12.7. The Morgan fingerprint density at radius 3 is 2.11 bits per heavy atom. The minimum absolute atomic E-state index is 0.325. The van der Waals surface area contributed by atoms with Gasteiger partial charge < -0.3 is 16.8 Å². The number of nitrogens with two attached hydrogens (primary N) is 2. The zero-order chi connectivity index (χ0) is 25.7. The average molecular weight is 500 g/mol. The number of aryl methyl sites for hydroxylation is 1. The van der Waals surface area contributed by atoms with E-state index in [1.54, 1.807) is 19.2 Å². The normalized spacial score (nSPS) is 11.6. The van der Waals surface area contributed by atoms with Crippen molar-refractivity contribution in [1.29, 1.82) is 0 Å². The van der Waals surface area contributed by atoms with E-state index in [4.69, 9.17) is 11.5 Å². The molecule has 0 amide bonds. The van der Waals surface area contributed by atoms with Gasteiger partial charge in [-0.15, -0.1) is 0 Å². The van der Waals surface area contributed by atoms with Crippen LogP contribution in [0.2, 0.25) is 0 Å². The molecule has 3 rings (SSSR count). The first kappa shape index (κ1) is 28.9. The van der Waals surface area contributed by atoms with Crippen LogP contribution in [-0.4, -0.2) is 70.5 Å². The van der Waals surface area contributed by atoms with E-state index >= 15 is 0 Å². The molecule has 0 spiro atoms. The molecule has 5 N–H and O–H groups in total. The zero-order valence-electron chi connectivity index (χ0n) is 21.3. The van der Waals surface area contributed by atoms with Crippen LogP contribution < -0.4 is 16.8 Å². The molecule has 0 saturated carbocycles. The highest BCUT2D eigenvalue weighted by atomic mass is 32.2. The lowest BCUT2D eigenvalue weighted by atomic mass is 10.0. The van der Waals surface area contributed by atoms with Crippen LogP contribution in [0.5, 0.6) is 0 Å². The number of fused-ring (bicyclic) bond motifs is 1. The van der Waals surface area contributed by atoms with Crippen LogP contribution in [0.1, 0.15) is 18.1 Å². The van der Waals surface area contributed by atoms with E-state index in [1.165, 1.54) is 4.31 Å². The Balaban J connectivity index is 0.000000307. The van der Waals surface area contributed by atoms with Gasteiger partial charge in [0.05, 0.1) is 4.90 Å². The lowest BCUT2D eigenvalue weighted by molar-refractivity contribution is 0.289. The third-order valence-corrected chi connectivity index (χ3v) is 7.57. The topological polar surface area (TPSA) is 105 Å². The molecule has 3 aromatic carbocycles. The van der Waals surface area contributed by atoms with E-state index in [-0.39, 0.29) is 0 Å². The largest absolute Gasteiger partial charge is 0.329 e. The van der Waals surface area contributed by atoms with Gasteiger partial charge in [0.15, 0.2) is 0 Å². The monoisotopic (exact) mass is 499 g/mol. The first-order chi connectivity index (χ1) is 16.8. The van der Waals surface area contributed by atoms with Crippen molar-refractivity contribution in [2.75, 3.05) is 52.9 Å². The van der Waals surface area contributed by atoms with Gasteiger partial charge in [-0.25, -0.2) is 8.42 Å². The minimum atomic E-state index is -3.49. The third-order valence-electron chi connectivity index (χ3n) is 5.75. The fourth-order valence-electron chi connectivity index (χ4n) is 3.76. The van der Waals surface area contributed by atoms with Crippen molar-refractivity contribution in [3.63, 3.8) is 0 Å². The molecule has 0 radical (unpaired) electrons. The molecule has 0 aliphatic carbocycles. The van der Waals surface area contributed by atoms with Gasteiger partial charge in [0.2, 0.25) is 10.0 Å². The summed E-state index contributed by atoms with van der Waals surface area (Å²) in [6, 6.07) is 20.9. The van der Waals surface area contributed by atoms with E-state index in [1.807, 2.05) is 61.5 Å². The summed E-state index contributed by atoms with van der Waals surface area (Å²) in [6.07, 6.45) is 0. The molecule has 0 aromatic heterocycles. The SMILES string of the molecule is CCNCCN(CCN)CCN.Cc1ccc(S(=O)(=O)N(C)Cc2cccc3ccccc23)cc1. The Hall–Kier alpha value is -2.33. The first-order valence-electron chi connectivity index (χ1n) is 12.2. The van der Waals surface area contributed by atoms with Gasteiger partial charge in [0, 0.05) is 52.9 Å². The summed E-state index contributed by atoms with van der Waals surface area (Å²) in [4.78, 5) is 2.61. The molecular formula is C27H41N5O2S. The summed E-state index contributed by atoms with van der Waals surface area (Å²) < 4.78 is 26.8. The van der Waals surface area contributed by atoms with Gasteiger partial charge in [-0.3, -0.25) is 4.90 Å². The lowest BCUT2D eigenvalue weighted by Gasteiger charge is -2.20. The van der Waals surface area contributed by atoms with Crippen LogP contribution in [0.3, 0.4) is 0 Å². The van der Waals surface area contributed by atoms with Gasteiger partial charge in [0.1, 0.15) is 0 Å². The Bertz CT molecular complexity index is 1110. The predicted octanol–water partition coefficient (Wildman–Crippen LogP) is 2.78. The first-order valence-corrected chi connectivity index (χ1v) is 13.6. The molecule has 0 saturated heterocycles. The molecule has 0 atom stereocenters. The van der Waals surface area contributed by atoms with Crippen molar-refractivity contribution in [2.45, 2.75) is 25.3 Å². The third kappa shape index (κ3) is 9.00. The van der Waals surface area contributed by atoms with Crippen LogP contribution in [0, 0.1) is 6.92 Å². The summed E-state index contributed by atoms with van der Waals surface area (Å²) in [5.41, 5.74) is 13.0. The second-order valence-electron chi connectivity index (χ2n) is 8.48. The number of benzene rings is 3. The van der Waals surface area contributed by atoms with Gasteiger partial charge in [-0.1, -0.05) is 67.1 Å². The summed E-state index contributed by atoms with van der Waals surface area (Å²) >= 11 is 0. The van der Waals surface area contributed by atoms with Gasteiger partial charge in [-0.2, -0.15) is 4.31 Å². The number of nitrogens with one attached hydrogen (secondary N) is 1. The van der Waals surface area contributed by atoms with E-state index in [0.717, 1.165) is 54.6 Å². The molecule has 3 aromatic rings. The summed E-state index contributed by atoms with van der Waals surface area (Å²) in [5.74, 6) is 0. The van der Waals surface area contributed by atoms with Crippen molar-refractivity contribution < 1.29 is 8.42 Å². The van der Waals surface area contributed by atoms with Crippen molar-refractivity contribution in [3.05, 3.63) is 77.9 Å². The molecule has 192 valence electrons. The molecule has 0 unspecified atom stereocenters. The van der Waals surface area contributed by atoms with Crippen LogP contribution in [0.25, 0.3) is 10.8 Å². The number of hydrogen-bond donors (Lipinski definition) is 3. The van der Waals surface area contributed by atoms with Crippen LogP contribution in [-0.2, 0) is 16.6 Å². The summed E-state index contributed by atoms with van der Waals surface area (Å²) in [7, 11) is -1.87. The van der Waals surface area contributed by atoms with Crippen LogP contribution in [0.15, 0.2) is 71.6 Å². The summed E-state index contributed by atoms with van der Waals surface area (Å²) in [6.45, 7) is 10.8. The Kier molecular flexibility index (Phi) is 12.3. The maximum absolute atomic E-state index is 12.7.